The maximum absolute atomic E-state index is 12.9. The maximum Gasteiger partial charge on any atom is 1.00 e. The summed E-state index contributed by atoms with van der Waals surface area (Å²) in [7, 11) is 2.64. The van der Waals surface area contributed by atoms with Crippen LogP contribution in [0, 0.1) is 6.07 Å². The molecule has 0 bridgehead atoms. The zero-order valence-corrected chi connectivity index (χ0v) is 16.2. The number of hydrogen-bond acceptors (Lipinski definition) is 6. The van der Waals surface area contributed by atoms with E-state index in [4.69, 9.17) is 0 Å². The van der Waals surface area contributed by atoms with E-state index in [1.165, 1.54) is 10.6 Å². The minimum Gasteiger partial charge on any atom is -0.429 e. The van der Waals surface area contributed by atoms with E-state index in [-0.39, 0.29) is 40.1 Å². The van der Waals surface area contributed by atoms with E-state index in [1.807, 2.05) is 18.2 Å². The number of aliphatic hydroxyl groups excluding tert-OH is 2. The number of esters is 1. The van der Waals surface area contributed by atoms with Crippen molar-refractivity contribution in [2.24, 2.45) is 0 Å². The molecule has 140 valence electrons. The minimum atomic E-state index is -1.69. The van der Waals surface area contributed by atoms with E-state index in [9.17, 15) is 19.8 Å². The van der Waals surface area contributed by atoms with Crippen molar-refractivity contribution in [2.75, 3.05) is 0 Å². The quantitative estimate of drug-likeness (QED) is 0.164. The molecule has 4 heterocycles. The Morgan fingerprint density at radius 3 is 2.85 bits per heavy atom. The number of carbonyl (C=O) groups is 1. The summed E-state index contributed by atoms with van der Waals surface area (Å²) >= 11 is 0. The van der Waals surface area contributed by atoms with Crippen LogP contribution in [-0.2, 0) is 38.5 Å². The Morgan fingerprint density at radius 2 is 2.07 bits per heavy atom. The van der Waals surface area contributed by atoms with Gasteiger partial charge in [-0.2, -0.15) is 9.24 Å². The Kier molecular flexibility index (Phi) is 4.35. The summed E-state index contributed by atoms with van der Waals surface area (Å²) in [4.78, 5) is 29.2. The third-order valence-corrected chi connectivity index (χ3v) is 5.27. The molecule has 0 saturated carbocycles. The first-order valence-corrected chi connectivity index (χ1v) is 8.48. The number of cyclic esters (lactones) is 1. The third-order valence-electron chi connectivity index (χ3n) is 4.79. The second kappa shape index (κ2) is 6.34. The summed E-state index contributed by atoms with van der Waals surface area (Å²) in [6, 6.07) is 10.5. The average Bonchev–Trinajstić information content (AvgIpc) is 2.97. The summed E-state index contributed by atoms with van der Waals surface area (Å²) in [6.07, 6.45) is -3.30. The van der Waals surface area contributed by atoms with Gasteiger partial charge < -0.3 is 24.5 Å². The molecule has 0 fully saturated rings. The fraction of sp³-hybridized carbons (Fsp3) is 0.167. The molecule has 0 amide bonds. The first kappa shape index (κ1) is 18.5. The Labute approximate surface area is 170 Å². The molecule has 0 spiro atoms. The van der Waals surface area contributed by atoms with Gasteiger partial charge in [0.2, 0.25) is 6.29 Å². The van der Waals surface area contributed by atoms with Crippen LogP contribution in [0.25, 0.3) is 22.3 Å². The molecule has 1 aromatic carbocycles. The Morgan fingerprint density at radius 1 is 1.30 bits per heavy atom. The van der Waals surface area contributed by atoms with E-state index in [2.05, 4.69) is 25.0 Å². The molecule has 27 heavy (non-hydrogen) atoms. The molecule has 0 radical (unpaired) electrons. The van der Waals surface area contributed by atoms with Gasteiger partial charge in [0, 0.05) is 23.5 Å². The summed E-state index contributed by atoms with van der Waals surface area (Å²) < 4.78 is 6.10. The zero-order chi connectivity index (χ0) is 18.2. The van der Waals surface area contributed by atoms with Crippen molar-refractivity contribution in [3.63, 3.8) is 0 Å². The fourth-order valence-electron chi connectivity index (χ4n) is 3.54. The fourth-order valence-corrected chi connectivity index (χ4v) is 3.87. The number of carbonyl (C=O) groups excluding carboxylic acids is 1. The smallest absolute Gasteiger partial charge is 0.429 e. The standard InChI is InChI=1S/C18H12N2O5P.Ag/c21-15-9-5-11-14-7(4-8-10(19-14)2-1-3-12(8)26)6-20(11)16(22)13(9)17(23)25-18(15)24;/h1-3,5,15,17,21,23H,6,26H2;/q-1;+1. The predicted molar refractivity (Wildman–Crippen MR) is 94.7 cm³/mol. The van der Waals surface area contributed by atoms with Gasteiger partial charge in [0.1, 0.15) is 0 Å². The van der Waals surface area contributed by atoms with E-state index in [0.717, 1.165) is 21.8 Å². The van der Waals surface area contributed by atoms with Crippen LogP contribution in [-0.4, -0.2) is 25.7 Å². The van der Waals surface area contributed by atoms with Crippen molar-refractivity contribution >= 4 is 31.4 Å². The van der Waals surface area contributed by atoms with Crippen molar-refractivity contribution in [1.82, 2.24) is 9.55 Å². The summed E-state index contributed by atoms with van der Waals surface area (Å²) in [5.41, 5.74) is 1.95. The molecule has 0 saturated heterocycles. The van der Waals surface area contributed by atoms with Crippen LogP contribution in [0.15, 0.2) is 29.1 Å². The molecule has 3 unspecified atom stereocenters. The second-order valence-corrected chi connectivity index (χ2v) is 6.91. The summed E-state index contributed by atoms with van der Waals surface area (Å²) in [6.45, 7) is 0.246. The van der Waals surface area contributed by atoms with Crippen LogP contribution in [0.2, 0.25) is 0 Å². The number of pyridine rings is 2. The van der Waals surface area contributed by atoms with Crippen molar-refractivity contribution < 1.29 is 42.1 Å². The Balaban J connectivity index is 0.00000180. The number of hydrogen-bond donors (Lipinski definition) is 2. The van der Waals surface area contributed by atoms with Gasteiger partial charge in [-0.3, -0.25) is 4.79 Å². The molecule has 2 aromatic heterocycles. The van der Waals surface area contributed by atoms with Gasteiger partial charge in [-0.1, -0.05) is 23.8 Å². The van der Waals surface area contributed by atoms with E-state index in [1.54, 1.807) is 0 Å². The van der Waals surface area contributed by atoms with Crippen molar-refractivity contribution in [3.05, 3.63) is 57.4 Å². The van der Waals surface area contributed by atoms with Crippen LogP contribution in [0.3, 0.4) is 0 Å². The minimum absolute atomic E-state index is 0. The number of nitrogens with zero attached hydrogens (tertiary/aromatic N) is 2. The zero-order valence-electron chi connectivity index (χ0n) is 13.6. The van der Waals surface area contributed by atoms with Crippen molar-refractivity contribution in [2.45, 2.75) is 18.9 Å². The normalized spacial score (nSPS) is 19.7. The molecule has 0 aliphatic carbocycles. The number of benzene rings is 1. The van der Waals surface area contributed by atoms with Gasteiger partial charge >= 0.3 is 28.3 Å². The first-order valence-electron chi connectivity index (χ1n) is 7.90. The monoisotopic (exact) mass is 474 g/mol. The van der Waals surface area contributed by atoms with Gasteiger partial charge in [0.05, 0.1) is 5.56 Å². The largest absolute Gasteiger partial charge is 1.00 e. The van der Waals surface area contributed by atoms with Gasteiger partial charge in [0.15, 0.2) is 6.10 Å². The van der Waals surface area contributed by atoms with E-state index >= 15 is 0 Å². The molecule has 3 aromatic rings. The van der Waals surface area contributed by atoms with Gasteiger partial charge in [-0.05, 0) is 11.6 Å². The van der Waals surface area contributed by atoms with Crippen LogP contribution in [0.4, 0.5) is 0 Å². The van der Waals surface area contributed by atoms with Crippen LogP contribution < -0.4 is 10.9 Å². The molecule has 9 heteroatoms. The van der Waals surface area contributed by atoms with Crippen LogP contribution >= 0.6 is 9.24 Å². The number of aromatic nitrogens is 2. The molecule has 3 atom stereocenters. The molecule has 7 nitrogen and oxygen atoms in total. The van der Waals surface area contributed by atoms with Crippen molar-refractivity contribution in [3.8, 4) is 11.4 Å². The molecule has 2 aliphatic rings. The predicted octanol–water partition coefficient (Wildman–Crippen LogP) is 0.304. The maximum atomic E-state index is 12.9. The van der Waals surface area contributed by atoms with Crippen LogP contribution in [0.1, 0.15) is 29.1 Å². The van der Waals surface area contributed by atoms with E-state index < -0.39 is 23.9 Å². The molecule has 2 N–H and O–H groups in total. The third kappa shape index (κ3) is 2.55. The Bertz CT molecular complexity index is 1190. The number of ether oxygens (including phenoxy) is 1. The van der Waals surface area contributed by atoms with Gasteiger partial charge in [-0.15, -0.1) is 16.8 Å². The summed E-state index contributed by atoms with van der Waals surface area (Å²) in [5.74, 6) is -0.988. The van der Waals surface area contributed by atoms with Crippen molar-refractivity contribution in [1.29, 1.82) is 0 Å². The first-order chi connectivity index (χ1) is 12.5. The van der Waals surface area contributed by atoms with Gasteiger partial charge in [-0.25, -0.2) is 4.79 Å². The number of rotatable bonds is 0. The molecule has 2 aliphatic heterocycles. The SMILES string of the molecule is O=C1OC(O)c2c(cc3n(c2=O)Cc2[c-]c4c(P)cccc4nc2-3)C1O.[Ag+]. The van der Waals surface area contributed by atoms with Gasteiger partial charge in [0.25, 0.3) is 5.56 Å². The molecular formula is C18H12AgN2O5P. The Hall–Kier alpha value is -1.86. The topological polar surface area (TPSA) is 102 Å². The van der Waals surface area contributed by atoms with E-state index in [0.29, 0.717) is 11.4 Å². The second-order valence-electron chi connectivity index (χ2n) is 6.29. The summed E-state index contributed by atoms with van der Waals surface area (Å²) in [5, 5.41) is 21.9. The molecule has 5 rings (SSSR count). The average molecular weight is 475 g/mol. The number of aliphatic hydroxyl groups is 2. The molecular weight excluding hydrogens is 463 g/mol. The van der Waals surface area contributed by atoms with Crippen LogP contribution in [0.5, 0.6) is 0 Å². The number of fused-ring (bicyclic) bond motifs is 5.